The molecule has 0 aliphatic carbocycles. The lowest BCUT2D eigenvalue weighted by atomic mass is 10.2. The van der Waals surface area contributed by atoms with Crippen molar-refractivity contribution in [1.82, 2.24) is 14.2 Å². The monoisotopic (exact) mass is 376 g/mol. The molecule has 1 aliphatic rings. The van der Waals surface area contributed by atoms with Crippen LogP contribution in [-0.2, 0) is 10.0 Å². The number of pyridine rings is 1. The molecule has 8 heteroatoms. The molecule has 0 aromatic carbocycles. The molecule has 1 aliphatic heterocycles. The minimum absolute atomic E-state index is 0.0440. The first-order valence-electron chi connectivity index (χ1n) is 7.01. The van der Waals surface area contributed by atoms with Crippen molar-refractivity contribution in [3.63, 3.8) is 0 Å². The fourth-order valence-corrected chi connectivity index (χ4v) is 4.42. The molecule has 0 bridgehead atoms. The van der Waals surface area contributed by atoms with Crippen LogP contribution in [0, 0.1) is 0 Å². The van der Waals surface area contributed by atoms with Crippen molar-refractivity contribution in [3.05, 3.63) is 16.7 Å². The van der Waals surface area contributed by atoms with Crippen molar-refractivity contribution in [2.45, 2.75) is 31.2 Å². The Morgan fingerprint density at radius 2 is 2.00 bits per heavy atom. The van der Waals surface area contributed by atoms with Crippen LogP contribution in [0.4, 0.5) is 5.82 Å². The van der Waals surface area contributed by atoms with Gasteiger partial charge in [0, 0.05) is 42.9 Å². The van der Waals surface area contributed by atoms with Gasteiger partial charge in [-0.05, 0) is 35.3 Å². The van der Waals surface area contributed by atoms with Crippen LogP contribution in [0.25, 0.3) is 0 Å². The van der Waals surface area contributed by atoms with E-state index in [1.807, 2.05) is 0 Å². The SMILES string of the molecule is CCC(C)N1CCN(S(=O)(=O)c2cc(Br)cnc2N)CC1. The summed E-state index contributed by atoms with van der Waals surface area (Å²) in [6.07, 6.45) is 2.56. The van der Waals surface area contributed by atoms with Crippen LogP contribution in [0.2, 0.25) is 0 Å². The molecule has 1 atom stereocenters. The summed E-state index contributed by atoms with van der Waals surface area (Å²) < 4.78 is 27.4. The minimum atomic E-state index is -3.58. The van der Waals surface area contributed by atoms with Gasteiger partial charge >= 0.3 is 0 Å². The van der Waals surface area contributed by atoms with Crippen molar-refractivity contribution in [1.29, 1.82) is 0 Å². The van der Waals surface area contributed by atoms with Gasteiger partial charge in [0.1, 0.15) is 10.7 Å². The van der Waals surface area contributed by atoms with E-state index in [4.69, 9.17) is 5.73 Å². The zero-order valence-corrected chi connectivity index (χ0v) is 14.7. The van der Waals surface area contributed by atoms with Crippen LogP contribution < -0.4 is 5.73 Å². The Labute approximate surface area is 134 Å². The van der Waals surface area contributed by atoms with Crippen LogP contribution in [0.5, 0.6) is 0 Å². The van der Waals surface area contributed by atoms with Gasteiger partial charge in [-0.1, -0.05) is 6.92 Å². The van der Waals surface area contributed by atoms with Crippen LogP contribution in [-0.4, -0.2) is 54.8 Å². The quantitative estimate of drug-likeness (QED) is 0.861. The molecular weight excluding hydrogens is 356 g/mol. The van der Waals surface area contributed by atoms with E-state index in [1.165, 1.54) is 16.6 Å². The maximum Gasteiger partial charge on any atom is 0.246 e. The predicted molar refractivity (Wildman–Crippen MR) is 86.4 cm³/mol. The molecule has 1 saturated heterocycles. The van der Waals surface area contributed by atoms with E-state index in [-0.39, 0.29) is 10.7 Å². The second-order valence-corrected chi connectivity index (χ2v) is 8.06. The Bertz CT molecular complexity index is 600. The number of nitrogens with zero attached hydrogens (tertiary/aromatic N) is 3. The molecule has 6 nitrogen and oxygen atoms in total. The number of hydrogen-bond donors (Lipinski definition) is 1. The first kappa shape index (κ1) is 16.7. The largest absolute Gasteiger partial charge is 0.383 e. The summed E-state index contributed by atoms with van der Waals surface area (Å²) in [5.41, 5.74) is 5.73. The maximum atomic E-state index is 12.7. The van der Waals surface area contributed by atoms with Crippen LogP contribution in [0.3, 0.4) is 0 Å². The number of nitrogens with two attached hydrogens (primary N) is 1. The number of nitrogen functional groups attached to an aromatic ring is 1. The highest BCUT2D eigenvalue weighted by atomic mass is 79.9. The standard InChI is InChI=1S/C13H21BrN4O2S/c1-3-10(2)17-4-6-18(7-5-17)21(19,20)12-8-11(14)9-16-13(12)15/h8-10H,3-7H2,1-2H3,(H2,15,16). The van der Waals surface area contributed by atoms with Gasteiger partial charge in [-0.25, -0.2) is 13.4 Å². The summed E-state index contributed by atoms with van der Waals surface area (Å²) in [4.78, 5) is 6.30. The zero-order chi connectivity index (χ0) is 15.6. The molecule has 2 N–H and O–H groups in total. The third kappa shape index (κ3) is 3.56. The van der Waals surface area contributed by atoms with Crippen molar-refractivity contribution in [2.75, 3.05) is 31.9 Å². The number of aromatic nitrogens is 1. The van der Waals surface area contributed by atoms with E-state index in [9.17, 15) is 8.42 Å². The van der Waals surface area contributed by atoms with Gasteiger partial charge < -0.3 is 5.73 Å². The van der Waals surface area contributed by atoms with Gasteiger partial charge in [0.25, 0.3) is 0 Å². The van der Waals surface area contributed by atoms with Crippen molar-refractivity contribution < 1.29 is 8.42 Å². The van der Waals surface area contributed by atoms with E-state index in [1.54, 1.807) is 0 Å². The smallest absolute Gasteiger partial charge is 0.246 e. The van der Waals surface area contributed by atoms with Crippen molar-refractivity contribution >= 4 is 31.8 Å². The van der Waals surface area contributed by atoms with Gasteiger partial charge in [-0.2, -0.15) is 4.31 Å². The van der Waals surface area contributed by atoms with Gasteiger partial charge in [-0.15, -0.1) is 0 Å². The molecule has 0 saturated carbocycles. The molecule has 1 fully saturated rings. The number of anilines is 1. The Kier molecular flexibility index (Phi) is 5.24. The van der Waals surface area contributed by atoms with Gasteiger partial charge in [0.05, 0.1) is 0 Å². The van der Waals surface area contributed by atoms with E-state index in [0.29, 0.717) is 23.6 Å². The molecular formula is C13H21BrN4O2S. The second kappa shape index (κ2) is 6.60. The Hall–Kier alpha value is -0.700. The Morgan fingerprint density at radius 1 is 1.38 bits per heavy atom. The number of hydrogen-bond acceptors (Lipinski definition) is 5. The normalized spacial score (nSPS) is 19.6. The molecule has 1 aromatic rings. The first-order valence-corrected chi connectivity index (χ1v) is 9.24. The molecule has 2 heterocycles. The lowest BCUT2D eigenvalue weighted by Crippen LogP contribution is -2.51. The minimum Gasteiger partial charge on any atom is -0.383 e. The highest BCUT2D eigenvalue weighted by Crippen LogP contribution is 2.25. The molecule has 0 amide bonds. The molecule has 0 spiro atoms. The third-order valence-electron chi connectivity index (χ3n) is 3.95. The van der Waals surface area contributed by atoms with Crippen LogP contribution >= 0.6 is 15.9 Å². The first-order chi connectivity index (χ1) is 9.86. The molecule has 0 radical (unpaired) electrons. The summed E-state index contributed by atoms with van der Waals surface area (Å²) in [5.74, 6) is 0.0440. The number of halogens is 1. The summed E-state index contributed by atoms with van der Waals surface area (Å²) >= 11 is 3.24. The predicted octanol–water partition coefficient (Wildman–Crippen LogP) is 1.53. The lowest BCUT2D eigenvalue weighted by molar-refractivity contribution is 0.142. The van der Waals surface area contributed by atoms with Crippen LogP contribution in [0.1, 0.15) is 20.3 Å². The van der Waals surface area contributed by atoms with Gasteiger partial charge in [0.2, 0.25) is 10.0 Å². The summed E-state index contributed by atoms with van der Waals surface area (Å²) in [6.45, 7) is 6.77. The van der Waals surface area contributed by atoms with Crippen molar-refractivity contribution in [2.24, 2.45) is 0 Å². The topological polar surface area (TPSA) is 79.5 Å². The van der Waals surface area contributed by atoms with E-state index in [2.05, 4.69) is 39.7 Å². The fraction of sp³-hybridized carbons (Fsp3) is 0.615. The highest BCUT2D eigenvalue weighted by molar-refractivity contribution is 9.10. The zero-order valence-electron chi connectivity index (χ0n) is 12.3. The Morgan fingerprint density at radius 3 is 2.57 bits per heavy atom. The summed E-state index contributed by atoms with van der Waals surface area (Å²) in [5, 5.41) is 0. The maximum absolute atomic E-state index is 12.7. The summed E-state index contributed by atoms with van der Waals surface area (Å²) in [7, 11) is -3.58. The Balaban J connectivity index is 2.17. The van der Waals surface area contributed by atoms with E-state index in [0.717, 1.165) is 19.5 Å². The number of sulfonamides is 1. The van der Waals surface area contributed by atoms with Crippen molar-refractivity contribution in [3.8, 4) is 0 Å². The number of rotatable bonds is 4. The average molecular weight is 377 g/mol. The molecule has 1 unspecified atom stereocenters. The molecule has 21 heavy (non-hydrogen) atoms. The lowest BCUT2D eigenvalue weighted by Gasteiger charge is -2.37. The van der Waals surface area contributed by atoms with E-state index >= 15 is 0 Å². The fourth-order valence-electron chi connectivity index (χ4n) is 2.42. The third-order valence-corrected chi connectivity index (χ3v) is 6.32. The summed E-state index contributed by atoms with van der Waals surface area (Å²) in [6, 6.07) is 1.99. The highest BCUT2D eigenvalue weighted by Gasteiger charge is 2.31. The second-order valence-electron chi connectivity index (χ2n) is 5.23. The van der Waals surface area contributed by atoms with Gasteiger partial charge in [-0.3, -0.25) is 4.90 Å². The van der Waals surface area contributed by atoms with Crippen LogP contribution in [0.15, 0.2) is 21.6 Å². The van der Waals surface area contributed by atoms with Gasteiger partial charge in [0.15, 0.2) is 0 Å². The molecule has 2 rings (SSSR count). The van der Waals surface area contributed by atoms with E-state index < -0.39 is 10.0 Å². The molecule has 118 valence electrons. The number of piperazine rings is 1. The average Bonchev–Trinajstić information content (AvgIpc) is 2.49. The molecule has 1 aromatic heterocycles.